The zero-order chi connectivity index (χ0) is 11.4. The number of thioether (sulfide) groups is 1. The summed E-state index contributed by atoms with van der Waals surface area (Å²) in [6.07, 6.45) is 0.0528. The first-order chi connectivity index (χ1) is 6.24. The number of carboxylic acid groups (broad SMARTS) is 1. The second kappa shape index (κ2) is 5.48. The summed E-state index contributed by atoms with van der Waals surface area (Å²) >= 11 is -0.167. The van der Waals surface area contributed by atoms with Crippen LogP contribution in [0.4, 0.5) is 13.2 Å². The highest BCUT2D eigenvalue weighted by Gasteiger charge is 2.29. The Morgan fingerprint density at radius 2 is 1.93 bits per heavy atom. The third kappa shape index (κ3) is 6.12. The van der Waals surface area contributed by atoms with Gasteiger partial charge in [0.1, 0.15) is 0 Å². The summed E-state index contributed by atoms with van der Waals surface area (Å²) in [5.74, 6) is -2.05. The van der Waals surface area contributed by atoms with Crippen LogP contribution in [0.2, 0.25) is 0 Å². The van der Waals surface area contributed by atoms with E-state index in [1.165, 1.54) is 0 Å². The fraction of sp³-hybridized carbons (Fsp3) is 0.875. The molecule has 0 rings (SSSR count). The van der Waals surface area contributed by atoms with Crippen molar-refractivity contribution in [3.8, 4) is 0 Å². The van der Waals surface area contributed by atoms with Crippen molar-refractivity contribution in [2.24, 2.45) is 11.8 Å². The van der Waals surface area contributed by atoms with Gasteiger partial charge in [0.25, 0.3) is 0 Å². The lowest BCUT2D eigenvalue weighted by Crippen LogP contribution is -2.21. The smallest absolute Gasteiger partial charge is 0.441 e. The van der Waals surface area contributed by atoms with Gasteiger partial charge in [-0.2, -0.15) is 13.2 Å². The lowest BCUT2D eigenvalue weighted by Gasteiger charge is -2.15. The first-order valence-electron chi connectivity index (χ1n) is 4.17. The quantitative estimate of drug-likeness (QED) is 0.788. The van der Waals surface area contributed by atoms with Gasteiger partial charge in [0, 0.05) is 5.75 Å². The molecule has 2 nitrogen and oxygen atoms in total. The third-order valence-electron chi connectivity index (χ3n) is 1.82. The van der Waals surface area contributed by atoms with Crippen molar-refractivity contribution in [1.29, 1.82) is 0 Å². The molecule has 1 unspecified atom stereocenters. The molecule has 0 aromatic carbocycles. The minimum absolute atomic E-state index is 0.0528. The molecule has 0 amide bonds. The number of halogens is 3. The largest absolute Gasteiger partial charge is 0.481 e. The number of hydrogen-bond acceptors (Lipinski definition) is 2. The molecule has 1 atom stereocenters. The summed E-state index contributed by atoms with van der Waals surface area (Å²) in [5.41, 5.74) is -4.26. The van der Waals surface area contributed by atoms with Crippen LogP contribution in [0.1, 0.15) is 20.3 Å². The van der Waals surface area contributed by atoms with E-state index in [0.29, 0.717) is 0 Å². The summed E-state index contributed by atoms with van der Waals surface area (Å²) in [6, 6.07) is 0. The van der Waals surface area contributed by atoms with E-state index in [1.54, 1.807) is 13.8 Å². The van der Waals surface area contributed by atoms with Crippen LogP contribution in [0, 0.1) is 11.8 Å². The molecule has 0 saturated carbocycles. The highest BCUT2D eigenvalue weighted by molar-refractivity contribution is 8.00. The molecule has 0 aliphatic rings. The van der Waals surface area contributed by atoms with Crippen LogP contribution in [0.5, 0.6) is 0 Å². The molecule has 0 spiro atoms. The number of rotatable bonds is 5. The molecule has 6 heteroatoms. The Hall–Kier alpha value is -0.390. The number of alkyl halides is 3. The topological polar surface area (TPSA) is 37.3 Å². The molecule has 14 heavy (non-hydrogen) atoms. The van der Waals surface area contributed by atoms with Gasteiger partial charge in [-0.1, -0.05) is 25.6 Å². The van der Waals surface area contributed by atoms with E-state index in [4.69, 9.17) is 5.11 Å². The first kappa shape index (κ1) is 13.6. The van der Waals surface area contributed by atoms with Gasteiger partial charge >= 0.3 is 11.5 Å². The van der Waals surface area contributed by atoms with Crippen molar-refractivity contribution in [3.63, 3.8) is 0 Å². The fourth-order valence-corrected chi connectivity index (χ4v) is 1.65. The maximum atomic E-state index is 11.7. The van der Waals surface area contributed by atoms with Crippen LogP contribution in [0.25, 0.3) is 0 Å². The summed E-state index contributed by atoms with van der Waals surface area (Å²) < 4.78 is 35.2. The van der Waals surface area contributed by atoms with Crippen molar-refractivity contribution < 1.29 is 23.1 Å². The van der Waals surface area contributed by atoms with Crippen molar-refractivity contribution in [2.75, 3.05) is 5.75 Å². The van der Waals surface area contributed by atoms with Crippen LogP contribution in [0.3, 0.4) is 0 Å². The average Bonchev–Trinajstić information content (AvgIpc) is 1.94. The van der Waals surface area contributed by atoms with Crippen molar-refractivity contribution in [3.05, 3.63) is 0 Å². The zero-order valence-corrected chi connectivity index (χ0v) is 8.78. The Labute approximate surface area is 84.9 Å². The predicted octanol–water partition coefficient (Wildman–Crippen LogP) is 2.99. The van der Waals surface area contributed by atoms with Crippen molar-refractivity contribution in [2.45, 2.75) is 25.8 Å². The van der Waals surface area contributed by atoms with E-state index in [-0.39, 0.29) is 29.9 Å². The van der Waals surface area contributed by atoms with Gasteiger partial charge in [-0.15, -0.1) is 0 Å². The summed E-state index contributed by atoms with van der Waals surface area (Å²) in [5, 5.41) is 8.68. The highest BCUT2D eigenvalue weighted by Crippen LogP contribution is 2.32. The van der Waals surface area contributed by atoms with Gasteiger partial charge in [0.2, 0.25) is 0 Å². The molecule has 0 bridgehead atoms. The first-order valence-corrected chi connectivity index (χ1v) is 5.16. The normalized spacial score (nSPS) is 14.4. The predicted molar refractivity (Wildman–Crippen MR) is 49.1 cm³/mol. The zero-order valence-electron chi connectivity index (χ0n) is 7.97. The van der Waals surface area contributed by atoms with Crippen molar-refractivity contribution >= 4 is 17.7 Å². The fourth-order valence-electron chi connectivity index (χ4n) is 1.04. The number of carbonyl (C=O) groups is 1. The minimum Gasteiger partial charge on any atom is -0.481 e. The van der Waals surface area contributed by atoms with E-state index in [0.717, 1.165) is 0 Å². The molecule has 0 aliphatic heterocycles. The van der Waals surface area contributed by atoms with E-state index in [9.17, 15) is 18.0 Å². The SMILES string of the molecule is CC(C)C(CCSC(F)(F)F)C(=O)O. The van der Waals surface area contributed by atoms with Crippen LogP contribution in [0.15, 0.2) is 0 Å². The molecule has 0 fully saturated rings. The molecule has 84 valence electrons. The molecule has 0 heterocycles. The Morgan fingerprint density at radius 1 is 1.43 bits per heavy atom. The lowest BCUT2D eigenvalue weighted by atomic mass is 9.94. The lowest BCUT2D eigenvalue weighted by molar-refractivity contribution is -0.143. The van der Waals surface area contributed by atoms with E-state index < -0.39 is 17.4 Å². The second-order valence-electron chi connectivity index (χ2n) is 3.27. The molecule has 0 saturated heterocycles. The van der Waals surface area contributed by atoms with E-state index in [2.05, 4.69) is 0 Å². The maximum absolute atomic E-state index is 11.7. The van der Waals surface area contributed by atoms with Gasteiger partial charge in [-0.05, 0) is 12.3 Å². The number of hydrogen-bond donors (Lipinski definition) is 1. The summed E-state index contributed by atoms with van der Waals surface area (Å²) in [7, 11) is 0. The Kier molecular flexibility index (Phi) is 5.33. The van der Waals surface area contributed by atoms with Crippen LogP contribution < -0.4 is 0 Å². The minimum atomic E-state index is -4.26. The maximum Gasteiger partial charge on any atom is 0.441 e. The average molecular weight is 230 g/mol. The molecule has 0 aliphatic carbocycles. The molecule has 0 aromatic heterocycles. The summed E-state index contributed by atoms with van der Waals surface area (Å²) in [4.78, 5) is 10.6. The van der Waals surface area contributed by atoms with Gasteiger partial charge < -0.3 is 5.11 Å². The van der Waals surface area contributed by atoms with E-state index in [1.807, 2.05) is 0 Å². The monoisotopic (exact) mass is 230 g/mol. The highest BCUT2D eigenvalue weighted by atomic mass is 32.2. The molecule has 0 aromatic rings. The third-order valence-corrected chi connectivity index (χ3v) is 2.58. The van der Waals surface area contributed by atoms with Crippen molar-refractivity contribution in [1.82, 2.24) is 0 Å². The molecule has 1 N–H and O–H groups in total. The van der Waals surface area contributed by atoms with Gasteiger partial charge in [-0.25, -0.2) is 0 Å². The summed E-state index contributed by atoms with van der Waals surface area (Å²) in [6.45, 7) is 3.38. The van der Waals surface area contributed by atoms with Crippen LogP contribution >= 0.6 is 11.8 Å². The second-order valence-corrected chi connectivity index (χ2v) is 4.43. The standard InChI is InChI=1S/C8H13F3O2S/c1-5(2)6(7(12)13)3-4-14-8(9,10)11/h5-6H,3-4H2,1-2H3,(H,12,13). The molecule has 0 radical (unpaired) electrons. The Balaban J connectivity index is 3.90. The van der Waals surface area contributed by atoms with Gasteiger partial charge in [-0.3, -0.25) is 4.79 Å². The molecular weight excluding hydrogens is 217 g/mol. The van der Waals surface area contributed by atoms with E-state index >= 15 is 0 Å². The van der Waals surface area contributed by atoms with Crippen LogP contribution in [-0.2, 0) is 4.79 Å². The number of carboxylic acids is 1. The van der Waals surface area contributed by atoms with Crippen LogP contribution in [-0.4, -0.2) is 22.3 Å². The Bertz CT molecular complexity index is 192. The van der Waals surface area contributed by atoms with Gasteiger partial charge in [0.05, 0.1) is 5.92 Å². The number of aliphatic carboxylic acids is 1. The van der Waals surface area contributed by atoms with Gasteiger partial charge in [0.15, 0.2) is 0 Å². The Morgan fingerprint density at radius 3 is 2.21 bits per heavy atom. The molecular formula is C8H13F3O2S.